The lowest BCUT2D eigenvalue weighted by atomic mass is 10.0. The van der Waals surface area contributed by atoms with Crippen LogP contribution < -0.4 is 10.2 Å². The molecule has 0 aromatic carbocycles. The van der Waals surface area contributed by atoms with Crippen molar-refractivity contribution in [3.8, 4) is 0 Å². The molecule has 1 aromatic rings. The highest BCUT2D eigenvalue weighted by Gasteiger charge is 2.35. The second kappa shape index (κ2) is 5.83. The average molecular weight is 299 g/mol. The first-order valence-electron chi connectivity index (χ1n) is 7.57. The molecule has 3 nitrogen and oxygen atoms in total. The third-order valence-corrected chi connectivity index (χ3v) is 4.18. The van der Waals surface area contributed by atoms with Gasteiger partial charge in [-0.05, 0) is 44.4 Å². The Hall–Kier alpha value is -1.30. The first-order valence-corrected chi connectivity index (χ1v) is 7.57. The lowest BCUT2D eigenvalue weighted by Crippen LogP contribution is -2.44. The van der Waals surface area contributed by atoms with Crippen LogP contribution in [0.1, 0.15) is 37.7 Å². The number of halogens is 3. The summed E-state index contributed by atoms with van der Waals surface area (Å²) in [6, 6.07) is 2.93. The zero-order valence-electron chi connectivity index (χ0n) is 11.9. The highest BCUT2D eigenvalue weighted by Crippen LogP contribution is 2.35. The Morgan fingerprint density at radius 3 is 2.67 bits per heavy atom. The lowest BCUT2D eigenvalue weighted by Gasteiger charge is -2.31. The molecule has 1 atom stereocenters. The molecule has 1 N–H and O–H groups in total. The van der Waals surface area contributed by atoms with E-state index in [0.717, 1.165) is 38.4 Å². The molecule has 3 rings (SSSR count). The summed E-state index contributed by atoms with van der Waals surface area (Å²) in [7, 11) is 0. The van der Waals surface area contributed by atoms with Gasteiger partial charge in [0.15, 0.2) is 0 Å². The van der Waals surface area contributed by atoms with Crippen molar-refractivity contribution in [3.63, 3.8) is 0 Å². The van der Waals surface area contributed by atoms with Crippen LogP contribution in [0, 0.1) is 0 Å². The second-order valence-electron chi connectivity index (χ2n) is 5.93. The summed E-state index contributed by atoms with van der Waals surface area (Å²) >= 11 is 0. The van der Waals surface area contributed by atoms with Crippen LogP contribution >= 0.6 is 0 Å². The zero-order valence-corrected chi connectivity index (χ0v) is 11.9. The monoisotopic (exact) mass is 299 g/mol. The van der Waals surface area contributed by atoms with Gasteiger partial charge >= 0.3 is 6.18 Å². The quantitative estimate of drug-likeness (QED) is 0.925. The number of alkyl halides is 3. The average Bonchev–Trinajstić information content (AvgIpc) is 3.30. The first kappa shape index (κ1) is 14.6. The van der Waals surface area contributed by atoms with E-state index in [1.54, 1.807) is 0 Å². The predicted molar refractivity (Wildman–Crippen MR) is 75.2 cm³/mol. The number of rotatable bonds is 4. The van der Waals surface area contributed by atoms with E-state index in [0.29, 0.717) is 17.9 Å². The Bertz CT molecular complexity index is 479. The van der Waals surface area contributed by atoms with Gasteiger partial charge in [0.05, 0.1) is 5.56 Å². The summed E-state index contributed by atoms with van der Waals surface area (Å²) in [4.78, 5) is 6.23. The molecule has 2 fully saturated rings. The van der Waals surface area contributed by atoms with Crippen molar-refractivity contribution in [2.75, 3.05) is 18.0 Å². The molecule has 21 heavy (non-hydrogen) atoms. The normalized spacial score (nSPS) is 23.1. The molecule has 0 amide bonds. The van der Waals surface area contributed by atoms with Gasteiger partial charge in [0.2, 0.25) is 0 Å². The van der Waals surface area contributed by atoms with Gasteiger partial charge in [-0.2, -0.15) is 13.2 Å². The number of pyridine rings is 1. The molecule has 2 heterocycles. The summed E-state index contributed by atoms with van der Waals surface area (Å²) < 4.78 is 38.5. The molecular formula is C15H20F3N3. The van der Waals surface area contributed by atoms with Gasteiger partial charge in [-0.1, -0.05) is 6.42 Å². The van der Waals surface area contributed by atoms with Crippen molar-refractivity contribution < 1.29 is 13.2 Å². The van der Waals surface area contributed by atoms with Crippen molar-refractivity contribution in [1.29, 1.82) is 0 Å². The SMILES string of the molecule is FC(F)(F)c1ccnc(N(CC2CCCCN2)C2CC2)c1. The minimum Gasteiger partial charge on any atom is -0.352 e. The minimum atomic E-state index is -4.31. The van der Waals surface area contributed by atoms with Crippen LogP contribution in [0.2, 0.25) is 0 Å². The van der Waals surface area contributed by atoms with E-state index in [-0.39, 0.29) is 0 Å². The fraction of sp³-hybridized carbons (Fsp3) is 0.667. The summed E-state index contributed by atoms with van der Waals surface area (Å²) in [6.07, 6.45) is 2.50. The number of nitrogens with zero attached hydrogens (tertiary/aromatic N) is 2. The summed E-state index contributed by atoms with van der Waals surface area (Å²) in [6.45, 7) is 1.75. The highest BCUT2D eigenvalue weighted by atomic mass is 19.4. The smallest absolute Gasteiger partial charge is 0.352 e. The largest absolute Gasteiger partial charge is 0.416 e. The standard InChI is InChI=1S/C15H20F3N3/c16-15(17,18)11-6-8-20-14(9-11)21(13-4-5-13)10-12-3-1-2-7-19-12/h6,8-9,12-13,19H,1-5,7,10H2. The van der Waals surface area contributed by atoms with E-state index in [9.17, 15) is 13.2 Å². The van der Waals surface area contributed by atoms with Crippen molar-refractivity contribution >= 4 is 5.82 Å². The Morgan fingerprint density at radius 2 is 2.05 bits per heavy atom. The highest BCUT2D eigenvalue weighted by molar-refractivity contribution is 5.44. The maximum absolute atomic E-state index is 12.8. The van der Waals surface area contributed by atoms with Crippen molar-refractivity contribution in [3.05, 3.63) is 23.9 Å². The van der Waals surface area contributed by atoms with Crippen LogP contribution in [-0.2, 0) is 6.18 Å². The number of anilines is 1. The maximum atomic E-state index is 12.8. The number of aromatic nitrogens is 1. The topological polar surface area (TPSA) is 28.2 Å². The molecule has 2 aliphatic rings. The lowest BCUT2D eigenvalue weighted by molar-refractivity contribution is -0.137. The Balaban J connectivity index is 1.77. The van der Waals surface area contributed by atoms with Crippen LogP contribution in [-0.4, -0.2) is 30.2 Å². The van der Waals surface area contributed by atoms with Gasteiger partial charge in [0.25, 0.3) is 0 Å². The molecule has 6 heteroatoms. The number of piperidine rings is 1. The van der Waals surface area contributed by atoms with Crippen LogP contribution in [0.3, 0.4) is 0 Å². The van der Waals surface area contributed by atoms with E-state index in [1.165, 1.54) is 25.1 Å². The van der Waals surface area contributed by atoms with E-state index < -0.39 is 11.7 Å². The maximum Gasteiger partial charge on any atom is 0.416 e. The van der Waals surface area contributed by atoms with Crippen LogP contribution in [0.25, 0.3) is 0 Å². The molecule has 0 bridgehead atoms. The molecule has 116 valence electrons. The van der Waals surface area contributed by atoms with Gasteiger partial charge in [0, 0.05) is 24.8 Å². The van der Waals surface area contributed by atoms with Gasteiger partial charge in [-0.3, -0.25) is 0 Å². The first-order chi connectivity index (χ1) is 10.0. The van der Waals surface area contributed by atoms with E-state index in [1.807, 2.05) is 0 Å². The molecule has 1 aromatic heterocycles. The van der Waals surface area contributed by atoms with Crippen LogP contribution in [0.4, 0.5) is 19.0 Å². The van der Waals surface area contributed by atoms with Gasteiger partial charge in [0.1, 0.15) is 5.82 Å². The van der Waals surface area contributed by atoms with Gasteiger partial charge in [-0.25, -0.2) is 4.98 Å². The summed E-state index contributed by atoms with van der Waals surface area (Å²) in [5.41, 5.74) is -0.616. The molecule has 0 spiro atoms. The van der Waals surface area contributed by atoms with Crippen molar-refractivity contribution in [2.24, 2.45) is 0 Å². The molecule has 1 saturated heterocycles. The Kier molecular flexibility index (Phi) is 4.06. The Morgan fingerprint density at radius 1 is 1.24 bits per heavy atom. The third-order valence-electron chi connectivity index (χ3n) is 4.18. The van der Waals surface area contributed by atoms with Gasteiger partial charge < -0.3 is 10.2 Å². The molecule has 1 saturated carbocycles. The second-order valence-corrected chi connectivity index (χ2v) is 5.93. The third kappa shape index (κ3) is 3.67. The molecule has 1 aliphatic heterocycles. The minimum absolute atomic E-state index is 0.352. The van der Waals surface area contributed by atoms with Crippen LogP contribution in [0.5, 0.6) is 0 Å². The fourth-order valence-electron chi connectivity index (χ4n) is 2.88. The van der Waals surface area contributed by atoms with Crippen molar-refractivity contribution in [2.45, 2.75) is 50.4 Å². The van der Waals surface area contributed by atoms with E-state index in [4.69, 9.17) is 0 Å². The molecule has 1 unspecified atom stereocenters. The van der Waals surface area contributed by atoms with E-state index in [2.05, 4.69) is 15.2 Å². The number of hydrogen-bond acceptors (Lipinski definition) is 3. The summed E-state index contributed by atoms with van der Waals surface area (Å²) in [5.74, 6) is 0.458. The zero-order chi connectivity index (χ0) is 14.9. The van der Waals surface area contributed by atoms with Gasteiger partial charge in [-0.15, -0.1) is 0 Å². The van der Waals surface area contributed by atoms with Crippen LogP contribution in [0.15, 0.2) is 18.3 Å². The predicted octanol–water partition coefficient (Wildman–Crippen LogP) is 3.21. The van der Waals surface area contributed by atoms with Crippen molar-refractivity contribution in [1.82, 2.24) is 10.3 Å². The fourth-order valence-corrected chi connectivity index (χ4v) is 2.88. The summed E-state index contributed by atoms with van der Waals surface area (Å²) in [5, 5.41) is 3.46. The molecule has 1 aliphatic carbocycles. The number of hydrogen-bond donors (Lipinski definition) is 1. The van der Waals surface area contributed by atoms with E-state index >= 15 is 0 Å². The number of nitrogens with one attached hydrogen (secondary N) is 1. The molecule has 0 radical (unpaired) electrons. The Labute approximate surface area is 122 Å². The molecular weight excluding hydrogens is 279 g/mol.